The van der Waals surface area contributed by atoms with Crippen molar-refractivity contribution in [3.05, 3.63) is 23.7 Å². The lowest BCUT2D eigenvalue weighted by Crippen LogP contribution is -2.33. The van der Waals surface area contributed by atoms with Gasteiger partial charge in [0.15, 0.2) is 5.65 Å². The van der Waals surface area contributed by atoms with Crippen molar-refractivity contribution in [2.24, 2.45) is 0 Å². The molecule has 1 atom stereocenters. The highest BCUT2D eigenvalue weighted by Crippen LogP contribution is 2.28. The largest absolute Gasteiger partial charge is 0.342 e. The molecule has 0 unspecified atom stereocenters. The molecule has 2 heterocycles. The second kappa shape index (κ2) is 3.56. The van der Waals surface area contributed by atoms with Crippen molar-refractivity contribution < 1.29 is 0 Å². The van der Waals surface area contributed by atoms with Gasteiger partial charge in [-0.15, -0.1) is 0 Å². The van der Waals surface area contributed by atoms with Crippen LogP contribution in [0.2, 0.25) is 0 Å². The Kier molecular flexibility index (Phi) is 2.17. The van der Waals surface area contributed by atoms with Gasteiger partial charge in [-0.1, -0.05) is 0 Å². The zero-order valence-electron chi connectivity index (χ0n) is 9.70. The molecule has 2 aromatic rings. The van der Waals surface area contributed by atoms with Gasteiger partial charge < -0.3 is 9.88 Å². The SMILES string of the molecule is CN(C)[C@@H]1CCc2[nH]c3nccnc3c2C1. The summed E-state index contributed by atoms with van der Waals surface area (Å²) in [6.45, 7) is 0. The summed E-state index contributed by atoms with van der Waals surface area (Å²) in [5.74, 6) is 0. The van der Waals surface area contributed by atoms with E-state index in [1.54, 1.807) is 12.4 Å². The molecule has 0 spiro atoms. The van der Waals surface area contributed by atoms with Crippen LogP contribution in [0.4, 0.5) is 0 Å². The maximum absolute atomic E-state index is 4.44. The van der Waals surface area contributed by atoms with E-state index in [0.29, 0.717) is 6.04 Å². The zero-order valence-corrected chi connectivity index (χ0v) is 9.70. The molecule has 0 saturated carbocycles. The number of likely N-dealkylation sites (N-methyl/N-ethyl adjacent to an activating group) is 1. The van der Waals surface area contributed by atoms with Crippen LogP contribution in [0.3, 0.4) is 0 Å². The molecule has 0 amide bonds. The molecule has 2 aromatic heterocycles. The number of hydrogen-bond acceptors (Lipinski definition) is 3. The summed E-state index contributed by atoms with van der Waals surface area (Å²) in [5, 5.41) is 0. The minimum absolute atomic E-state index is 0.633. The molecule has 1 aliphatic rings. The van der Waals surface area contributed by atoms with Gasteiger partial charge in [0, 0.05) is 29.7 Å². The molecule has 3 rings (SSSR count). The molecule has 0 aliphatic heterocycles. The maximum atomic E-state index is 4.44. The summed E-state index contributed by atoms with van der Waals surface area (Å²) in [4.78, 5) is 14.4. The lowest BCUT2D eigenvalue weighted by molar-refractivity contribution is 0.268. The Morgan fingerprint density at radius 2 is 2.12 bits per heavy atom. The third kappa shape index (κ3) is 1.41. The number of nitrogens with zero attached hydrogens (tertiary/aromatic N) is 3. The van der Waals surface area contributed by atoms with E-state index in [0.717, 1.165) is 24.0 Å². The second-order valence-electron chi connectivity index (χ2n) is 4.70. The lowest BCUT2D eigenvalue weighted by atomic mass is 9.92. The minimum atomic E-state index is 0.633. The number of aryl methyl sites for hydroxylation is 1. The summed E-state index contributed by atoms with van der Waals surface area (Å²) in [7, 11) is 4.30. The molecule has 0 bridgehead atoms. The summed E-state index contributed by atoms with van der Waals surface area (Å²) in [6.07, 6.45) is 6.92. The Bertz CT molecular complexity index is 515. The molecule has 0 fully saturated rings. The number of aromatic amines is 1. The average molecular weight is 216 g/mol. The summed E-state index contributed by atoms with van der Waals surface area (Å²) < 4.78 is 0. The predicted octanol–water partition coefficient (Wildman–Crippen LogP) is 1.38. The van der Waals surface area contributed by atoms with Crippen molar-refractivity contribution in [2.45, 2.75) is 25.3 Å². The fraction of sp³-hybridized carbons (Fsp3) is 0.500. The van der Waals surface area contributed by atoms with E-state index < -0.39 is 0 Å². The predicted molar refractivity (Wildman–Crippen MR) is 63.4 cm³/mol. The van der Waals surface area contributed by atoms with E-state index in [1.165, 1.54) is 17.7 Å². The molecule has 16 heavy (non-hydrogen) atoms. The topological polar surface area (TPSA) is 44.8 Å². The van der Waals surface area contributed by atoms with Crippen molar-refractivity contribution in [3.63, 3.8) is 0 Å². The van der Waals surface area contributed by atoms with Crippen molar-refractivity contribution in [2.75, 3.05) is 14.1 Å². The van der Waals surface area contributed by atoms with Crippen LogP contribution in [0.15, 0.2) is 12.4 Å². The quantitative estimate of drug-likeness (QED) is 0.783. The molecule has 0 radical (unpaired) electrons. The summed E-state index contributed by atoms with van der Waals surface area (Å²) in [6, 6.07) is 0.633. The van der Waals surface area contributed by atoms with E-state index in [2.05, 4.69) is 33.9 Å². The number of H-pyrrole nitrogens is 1. The first kappa shape index (κ1) is 9.78. The molecule has 1 N–H and O–H groups in total. The van der Waals surface area contributed by atoms with Crippen LogP contribution in [-0.4, -0.2) is 40.0 Å². The van der Waals surface area contributed by atoms with Gasteiger partial charge in [-0.25, -0.2) is 4.98 Å². The molecular formula is C12H16N4. The van der Waals surface area contributed by atoms with Gasteiger partial charge >= 0.3 is 0 Å². The highest BCUT2D eigenvalue weighted by atomic mass is 15.1. The Hall–Kier alpha value is -1.42. The first-order valence-corrected chi connectivity index (χ1v) is 5.72. The monoisotopic (exact) mass is 216 g/mol. The van der Waals surface area contributed by atoms with E-state index in [-0.39, 0.29) is 0 Å². The van der Waals surface area contributed by atoms with Gasteiger partial charge in [-0.3, -0.25) is 4.98 Å². The van der Waals surface area contributed by atoms with E-state index in [4.69, 9.17) is 0 Å². The third-order valence-electron chi connectivity index (χ3n) is 3.52. The van der Waals surface area contributed by atoms with Crippen LogP contribution in [0.5, 0.6) is 0 Å². The number of rotatable bonds is 1. The third-order valence-corrected chi connectivity index (χ3v) is 3.52. The number of fused-ring (bicyclic) bond motifs is 3. The lowest BCUT2D eigenvalue weighted by Gasteiger charge is -2.28. The van der Waals surface area contributed by atoms with Crippen LogP contribution >= 0.6 is 0 Å². The van der Waals surface area contributed by atoms with Gasteiger partial charge in [-0.2, -0.15) is 0 Å². The highest BCUT2D eigenvalue weighted by Gasteiger charge is 2.24. The van der Waals surface area contributed by atoms with Gasteiger partial charge in [0.05, 0.1) is 0 Å². The van der Waals surface area contributed by atoms with Gasteiger partial charge in [0.1, 0.15) is 5.52 Å². The normalized spacial score (nSPS) is 20.3. The fourth-order valence-electron chi connectivity index (χ4n) is 2.53. The van der Waals surface area contributed by atoms with Crippen molar-refractivity contribution in [3.8, 4) is 0 Å². The van der Waals surface area contributed by atoms with Crippen molar-refractivity contribution >= 4 is 11.2 Å². The zero-order chi connectivity index (χ0) is 11.1. The Labute approximate surface area is 94.7 Å². The van der Waals surface area contributed by atoms with Crippen LogP contribution in [-0.2, 0) is 12.8 Å². The average Bonchev–Trinajstić information content (AvgIpc) is 2.66. The van der Waals surface area contributed by atoms with Gasteiger partial charge in [-0.05, 0) is 33.4 Å². The van der Waals surface area contributed by atoms with Crippen LogP contribution in [0.25, 0.3) is 11.2 Å². The van der Waals surface area contributed by atoms with E-state index in [9.17, 15) is 0 Å². The van der Waals surface area contributed by atoms with E-state index in [1.807, 2.05) is 0 Å². The molecule has 4 heteroatoms. The van der Waals surface area contributed by atoms with Gasteiger partial charge in [0.25, 0.3) is 0 Å². The maximum Gasteiger partial charge on any atom is 0.156 e. The molecule has 84 valence electrons. The van der Waals surface area contributed by atoms with Crippen LogP contribution < -0.4 is 0 Å². The number of aromatic nitrogens is 3. The number of nitrogens with one attached hydrogen (secondary N) is 1. The first-order valence-electron chi connectivity index (χ1n) is 5.72. The van der Waals surface area contributed by atoms with Crippen LogP contribution in [0.1, 0.15) is 17.7 Å². The molecule has 0 aromatic carbocycles. The summed E-state index contributed by atoms with van der Waals surface area (Å²) in [5.41, 5.74) is 4.70. The summed E-state index contributed by atoms with van der Waals surface area (Å²) >= 11 is 0. The molecular weight excluding hydrogens is 200 g/mol. The van der Waals surface area contributed by atoms with Crippen molar-refractivity contribution in [1.82, 2.24) is 19.9 Å². The first-order chi connectivity index (χ1) is 7.75. The minimum Gasteiger partial charge on any atom is -0.342 e. The van der Waals surface area contributed by atoms with E-state index >= 15 is 0 Å². The van der Waals surface area contributed by atoms with Gasteiger partial charge in [0.2, 0.25) is 0 Å². The Morgan fingerprint density at radius 3 is 2.94 bits per heavy atom. The number of hydrogen-bond donors (Lipinski definition) is 1. The Balaban J connectivity index is 2.08. The standard InChI is InChI=1S/C12H16N4/c1-16(2)8-3-4-10-9(7-8)11-12(15-10)14-6-5-13-11/h5-6,8H,3-4,7H2,1-2H3,(H,14,15)/t8-/m1/s1. The van der Waals surface area contributed by atoms with Crippen LogP contribution in [0, 0.1) is 0 Å². The Morgan fingerprint density at radius 1 is 1.31 bits per heavy atom. The smallest absolute Gasteiger partial charge is 0.156 e. The highest BCUT2D eigenvalue weighted by molar-refractivity contribution is 5.77. The molecule has 1 aliphatic carbocycles. The molecule has 0 saturated heterocycles. The second-order valence-corrected chi connectivity index (χ2v) is 4.70. The van der Waals surface area contributed by atoms with Crippen molar-refractivity contribution in [1.29, 1.82) is 0 Å². The fourth-order valence-corrected chi connectivity index (χ4v) is 2.53. The molecule has 4 nitrogen and oxygen atoms in total.